The molecule has 1 saturated carbocycles. The van der Waals surface area contributed by atoms with Gasteiger partial charge in [0.25, 0.3) is 0 Å². The SMILES string of the molecule is c1csc(CN(c2ncnc3ccsc23)C2CC2)c1. The van der Waals surface area contributed by atoms with Crippen LogP contribution >= 0.6 is 22.7 Å². The normalized spacial score (nSPS) is 14.9. The molecule has 0 aliphatic heterocycles. The van der Waals surface area contributed by atoms with Gasteiger partial charge in [0.05, 0.1) is 16.8 Å². The zero-order valence-corrected chi connectivity index (χ0v) is 12.0. The molecule has 3 nitrogen and oxygen atoms in total. The lowest BCUT2D eigenvalue weighted by atomic mass is 10.3. The van der Waals surface area contributed by atoms with Crippen molar-refractivity contribution >= 4 is 38.7 Å². The van der Waals surface area contributed by atoms with Crippen molar-refractivity contribution in [2.75, 3.05) is 4.90 Å². The second-order valence-electron chi connectivity index (χ2n) is 4.77. The third-order valence-electron chi connectivity index (χ3n) is 3.39. The number of rotatable bonds is 4. The zero-order chi connectivity index (χ0) is 12.7. The molecule has 0 saturated heterocycles. The summed E-state index contributed by atoms with van der Waals surface area (Å²) in [5.74, 6) is 1.11. The molecule has 4 rings (SSSR count). The lowest BCUT2D eigenvalue weighted by molar-refractivity contribution is 0.790. The van der Waals surface area contributed by atoms with Gasteiger partial charge in [-0.1, -0.05) is 6.07 Å². The summed E-state index contributed by atoms with van der Waals surface area (Å²) in [4.78, 5) is 12.7. The third kappa shape index (κ3) is 2.13. The Labute approximate surface area is 119 Å². The van der Waals surface area contributed by atoms with Crippen LogP contribution in [0.4, 0.5) is 5.82 Å². The molecule has 0 N–H and O–H groups in total. The Hall–Kier alpha value is -1.46. The van der Waals surface area contributed by atoms with E-state index in [1.807, 2.05) is 11.3 Å². The standard InChI is InChI=1S/C14H13N3S2/c1-2-11(18-6-1)8-17(10-3-4-10)14-13-12(5-7-19-13)15-9-16-14/h1-2,5-7,9-10H,3-4,8H2. The van der Waals surface area contributed by atoms with Gasteiger partial charge < -0.3 is 4.90 Å². The summed E-state index contributed by atoms with van der Waals surface area (Å²) >= 11 is 3.55. The first-order valence-corrected chi connectivity index (χ1v) is 8.15. The highest BCUT2D eigenvalue weighted by Gasteiger charge is 2.31. The lowest BCUT2D eigenvalue weighted by Gasteiger charge is -2.23. The monoisotopic (exact) mass is 287 g/mol. The number of anilines is 1. The second-order valence-corrected chi connectivity index (χ2v) is 6.72. The molecule has 96 valence electrons. The average Bonchev–Trinajstić information content (AvgIpc) is 2.95. The van der Waals surface area contributed by atoms with Crippen LogP contribution in [0.25, 0.3) is 10.2 Å². The number of hydrogen-bond donors (Lipinski definition) is 0. The van der Waals surface area contributed by atoms with E-state index in [9.17, 15) is 0 Å². The molecule has 0 bridgehead atoms. The molecule has 5 heteroatoms. The van der Waals surface area contributed by atoms with Crippen molar-refractivity contribution in [2.45, 2.75) is 25.4 Å². The average molecular weight is 287 g/mol. The Morgan fingerprint density at radius 1 is 1.16 bits per heavy atom. The first-order chi connectivity index (χ1) is 9.42. The third-order valence-corrected chi connectivity index (χ3v) is 5.15. The molecule has 0 radical (unpaired) electrons. The quantitative estimate of drug-likeness (QED) is 0.728. The maximum absolute atomic E-state index is 4.55. The van der Waals surface area contributed by atoms with E-state index < -0.39 is 0 Å². The molecule has 0 atom stereocenters. The Kier molecular flexibility index (Phi) is 2.74. The van der Waals surface area contributed by atoms with Crippen LogP contribution in [0.3, 0.4) is 0 Å². The number of nitrogens with zero attached hydrogens (tertiary/aromatic N) is 3. The van der Waals surface area contributed by atoms with Gasteiger partial charge in [-0.3, -0.25) is 0 Å². The second kappa shape index (κ2) is 4.58. The van der Waals surface area contributed by atoms with Gasteiger partial charge in [-0.05, 0) is 35.7 Å². The van der Waals surface area contributed by atoms with Crippen molar-refractivity contribution in [3.63, 3.8) is 0 Å². The predicted octanol–water partition coefficient (Wildman–Crippen LogP) is 3.92. The van der Waals surface area contributed by atoms with Crippen LogP contribution < -0.4 is 4.90 Å². The molecule has 0 spiro atoms. The van der Waals surface area contributed by atoms with Crippen LogP contribution in [0.2, 0.25) is 0 Å². The summed E-state index contributed by atoms with van der Waals surface area (Å²) in [6, 6.07) is 7.04. The van der Waals surface area contributed by atoms with Gasteiger partial charge in [0.2, 0.25) is 0 Å². The Bertz CT molecular complexity index is 686. The zero-order valence-electron chi connectivity index (χ0n) is 10.3. The van der Waals surface area contributed by atoms with Gasteiger partial charge in [-0.25, -0.2) is 9.97 Å². The van der Waals surface area contributed by atoms with Gasteiger partial charge in [0.15, 0.2) is 5.82 Å². The summed E-state index contributed by atoms with van der Waals surface area (Å²) in [7, 11) is 0. The van der Waals surface area contributed by atoms with Crippen LogP contribution in [-0.4, -0.2) is 16.0 Å². The van der Waals surface area contributed by atoms with Gasteiger partial charge >= 0.3 is 0 Å². The minimum atomic E-state index is 0.655. The van der Waals surface area contributed by atoms with Crippen LogP contribution in [0.15, 0.2) is 35.3 Å². The first kappa shape index (κ1) is 11.4. The maximum Gasteiger partial charge on any atom is 0.150 e. The van der Waals surface area contributed by atoms with Gasteiger partial charge in [0.1, 0.15) is 6.33 Å². The Morgan fingerprint density at radius 3 is 2.89 bits per heavy atom. The first-order valence-electron chi connectivity index (χ1n) is 6.39. The van der Waals surface area contributed by atoms with E-state index in [4.69, 9.17) is 0 Å². The van der Waals surface area contributed by atoms with Crippen molar-refractivity contribution in [1.29, 1.82) is 0 Å². The molecular formula is C14H13N3S2. The van der Waals surface area contributed by atoms with E-state index in [2.05, 4.69) is 43.8 Å². The highest BCUT2D eigenvalue weighted by molar-refractivity contribution is 7.17. The fraction of sp³-hybridized carbons (Fsp3) is 0.286. The van der Waals surface area contributed by atoms with Gasteiger partial charge in [-0.2, -0.15) is 0 Å². The molecule has 19 heavy (non-hydrogen) atoms. The van der Waals surface area contributed by atoms with Gasteiger partial charge in [-0.15, -0.1) is 22.7 Å². The Balaban J connectivity index is 1.76. The van der Waals surface area contributed by atoms with Crippen molar-refractivity contribution in [2.24, 2.45) is 0 Å². The molecular weight excluding hydrogens is 274 g/mol. The predicted molar refractivity (Wildman–Crippen MR) is 80.9 cm³/mol. The van der Waals surface area contributed by atoms with E-state index in [0.717, 1.165) is 17.9 Å². The number of thiophene rings is 2. The van der Waals surface area contributed by atoms with Crippen molar-refractivity contribution in [1.82, 2.24) is 9.97 Å². The smallest absolute Gasteiger partial charge is 0.150 e. The molecule has 3 heterocycles. The highest BCUT2D eigenvalue weighted by atomic mass is 32.1. The topological polar surface area (TPSA) is 29.0 Å². The minimum Gasteiger partial charge on any atom is -0.347 e. The summed E-state index contributed by atoms with van der Waals surface area (Å²) < 4.78 is 1.21. The number of fused-ring (bicyclic) bond motifs is 1. The molecule has 1 aliphatic carbocycles. The van der Waals surface area contributed by atoms with Crippen LogP contribution in [0.1, 0.15) is 17.7 Å². The maximum atomic E-state index is 4.55. The molecule has 3 aromatic rings. The minimum absolute atomic E-state index is 0.655. The summed E-state index contributed by atoms with van der Waals surface area (Å²) in [5, 5.41) is 4.24. The van der Waals surface area contributed by atoms with Crippen molar-refractivity contribution in [3.05, 3.63) is 40.2 Å². The van der Waals surface area contributed by atoms with E-state index in [1.54, 1.807) is 17.7 Å². The fourth-order valence-electron chi connectivity index (χ4n) is 2.31. The van der Waals surface area contributed by atoms with E-state index in [1.165, 1.54) is 22.4 Å². The largest absolute Gasteiger partial charge is 0.347 e. The van der Waals surface area contributed by atoms with Crippen LogP contribution in [0.5, 0.6) is 0 Å². The van der Waals surface area contributed by atoms with E-state index in [-0.39, 0.29) is 0 Å². The summed E-state index contributed by atoms with van der Waals surface area (Å²) in [6.45, 7) is 0.965. The summed E-state index contributed by atoms with van der Waals surface area (Å²) in [5.41, 5.74) is 1.06. The van der Waals surface area contributed by atoms with E-state index in [0.29, 0.717) is 6.04 Å². The van der Waals surface area contributed by atoms with Gasteiger partial charge in [0, 0.05) is 10.9 Å². The molecule has 3 aromatic heterocycles. The molecule has 1 fully saturated rings. The highest BCUT2D eigenvalue weighted by Crippen LogP contribution is 2.37. The summed E-state index contributed by atoms with van der Waals surface area (Å²) in [6.07, 6.45) is 4.25. The Morgan fingerprint density at radius 2 is 2.11 bits per heavy atom. The lowest BCUT2D eigenvalue weighted by Crippen LogP contribution is -2.25. The number of hydrogen-bond acceptors (Lipinski definition) is 5. The molecule has 0 unspecified atom stereocenters. The van der Waals surface area contributed by atoms with Crippen molar-refractivity contribution in [3.8, 4) is 0 Å². The van der Waals surface area contributed by atoms with Crippen LogP contribution in [0, 0.1) is 0 Å². The fourth-order valence-corrected chi connectivity index (χ4v) is 3.87. The molecule has 0 aromatic carbocycles. The van der Waals surface area contributed by atoms with Crippen molar-refractivity contribution < 1.29 is 0 Å². The molecule has 0 amide bonds. The van der Waals surface area contributed by atoms with E-state index >= 15 is 0 Å². The molecule has 1 aliphatic rings. The van der Waals surface area contributed by atoms with Crippen LogP contribution in [-0.2, 0) is 6.54 Å². The number of aromatic nitrogens is 2.